The largest absolute Gasteiger partial charge is 0.376 e. The SMILES string of the molecule is CC(c1ccccc1)n1cc(C2=CN(C)CC(C3CC3)=C2)cn1. The molecule has 1 fully saturated rings. The molecule has 1 aliphatic carbocycles. The molecule has 0 radical (unpaired) electrons. The first-order valence-electron chi connectivity index (χ1n) is 8.43. The van der Waals surface area contributed by atoms with Gasteiger partial charge >= 0.3 is 0 Å². The average molecular weight is 305 g/mol. The summed E-state index contributed by atoms with van der Waals surface area (Å²) >= 11 is 0. The van der Waals surface area contributed by atoms with Gasteiger partial charge in [-0.05, 0) is 36.8 Å². The van der Waals surface area contributed by atoms with E-state index >= 15 is 0 Å². The molecule has 3 nitrogen and oxygen atoms in total. The van der Waals surface area contributed by atoms with E-state index in [1.165, 1.54) is 29.5 Å². The van der Waals surface area contributed by atoms with E-state index in [0.717, 1.165) is 12.5 Å². The third-order valence-electron chi connectivity index (χ3n) is 4.85. The van der Waals surface area contributed by atoms with Gasteiger partial charge in [0.05, 0.1) is 12.2 Å². The van der Waals surface area contributed by atoms with Crippen molar-refractivity contribution >= 4 is 5.57 Å². The maximum atomic E-state index is 4.61. The minimum Gasteiger partial charge on any atom is -0.376 e. The molecule has 2 aromatic rings. The zero-order valence-electron chi connectivity index (χ0n) is 13.8. The van der Waals surface area contributed by atoms with Crippen LogP contribution < -0.4 is 0 Å². The molecule has 3 heteroatoms. The van der Waals surface area contributed by atoms with E-state index in [-0.39, 0.29) is 6.04 Å². The van der Waals surface area contributed by atoms with E-state index in [1.54, 1.807) is 5.57 Å². The Labute approximate surface area is 137 Å². The van der Waals surface area contributed by atoms with Crippen molar-refractivity contribution in [2.24, 2.45) is 5.92 Å². The lowest BCUT2D eigenvalue weighted by molar-refractivity contribution is 0.482. The lowest BCUT2D eigenvalue weighted by Gasteiger charge is -2.23. The van der Waals surface area contributed by atoms with Gasteiger partial charge in [-0.2, -0.15) is 5.10 Å². The van der Waals surface area contributed by atoms with Crippen LogP contribution in [0.1, 0.15) is 36.9 Å². The predicted molar refractivity (Wildman–Crippen MR) is 93.9 cm³/mol. The molecule has 1 unspecified atom stereocenters. The summed E-state index contributed by atoms with van der Waals surface area (Å²) in [5.74, 6) is 0.819. The van der Waals surface area contributed by atoms with Gasteiger partial charge in [0.25, 0.3) is 0 Å². The van der Waals surface area contributed by atoms with Crippen molar-refractivity contribution in [3.05, 3.63) is 71.7 Å². The van der Waals surface area contributed by atoms with Crippen LogP contribution in [0.5, 0.6) is 0 Å². The summed E-state index contributed by atoms with van der Waals surface area (Å²) in [4.78, 5) is 2.29. The van der Waals surface area contributed by atoms with Crippen LogP contribution in [-0.4, -0.2) is 28.3 Å². The Morgan fingerprint density at radius 1 is 1.17 bits per heavy atom. The Balaban J connectivity index is 1.60. The first-order valence-corrected chi connectivity index (χ1v) is 8.43. The molecule has 0 N–H and O–H groups in total. The number of likely N-dealkylation sites (N-methyl/N-ethyl adjacent to an activating group) is 1. The van der Waals surface area contributed by atoms with Crippen molar-refractivity contribution in [2.75, 3.05) is 13.6 Å². The maximum Gasteiger partial charge on any atom is 0.0740 e. The standard InChI is InChI=1S/C20H23N3/c1-15(16-6-4-3-5-7-16)23-14-20(11-21-23)19-10-18(17-8-9-17)12-22(2)13-19/h3-7,10-11,13-15,17H,8-9,12H2,1-2H3. The molecule has 1 saturated carbocycles. The van der Waals surface area contributed by atoms with Gasteiger partial charge in [0.15, 0.2) is 0 Å². The predicted octanol–water partition coefficient (Wildman–Crippen LogP) is 4.12. The number of hydrogen-bond donors (Lipinski definition) is 0. The number of allylic oxidation sites excluding steroid dienone is 2. The number of nitrogens with zero attached hydrogens (tertiary/aromatic N) is 3. The van der Waals surface area contributed by atoms with Crippen molar-refractivity contribution in [2.45, 2.75) is 25.8 Å². The number of aromatic nitrogens is 2. The highest BCUT2D eigenvalue weighted by Crippen LogP contribution is 2.39. The normalized spacial score (nSPS) is 19.3. The van der Waals surface area contributed by atoms with Crippen molar-refractivity contribution in [1.29, 1.82) is 0 Å². The number of benzene rings is 1. The average Bonchev–Trinajstić information content (AvgIpc) is 3.31. The quantitative estimate of drug-likeness (QED) is 0.847. The van der Waals surface area contributed by atoms with Gasteiger partial charge in [-0.3, -0.25) is 4.68 Å². The molecular weight excluding hydrogens is 282 g/mol. The van der Waals surface area contributed by atoms with Crippen molar-refractivity contribution in [1.82, 2.24) is 14.7 Å². The van der Waals surface area contributed by atoms with Gasteiger partial charge in [0.2, 0.25) is 0 Å². The highest BCUT2D eigenvalue weighted by molar-refractivity contribution is 5.75. The van der Waals surface area contributed by atoms with Gasteiger partial charge in [-0.25, -0.2) is 0 Å². The fourth-order valence-corrected chi connectivity index (χ4v) is 3.30. The number of hydrogen-bond acceptors (Lipinski definition) is 2. The van der Waals surface area contributed by atoms with Crippen LogP contribution in [0.3, 0.4) is 0 Å². The maximum absolute atomic E-state index is 4.61. The molecule has 2 aliphatic rings. The first kappa shape index (κ1) is 14.3. The molecule has 0 spiro atoms. The molecule has 1 aromatic heterocycles. The number of rotatable bonds is 4. The second-order valence-corrected chi connectivity index (χ2v) is 6.79. The second kappa shape index (κ2) is 5.73. The van der Waals surface area contributed by atoms with E-state index in [4.69, 9.17) is 0 Å². The van der Waals surface area contributed by atoms with Crippen LogP contribution in [0.2, 0.25) is 0 Å². The molecule has 1 aromatic carbocycles. The van der Waals surface area contributed by atoms with Crippen molar-refractivity contribution in [3.8, 4) is 0 Å². The van der Waals surface area contributed by atoms with E-state index in [2.05, 4.69) is 77.5 Å². The highest BCUT2D eigenvalue weighted by atomic mass is 15.3. The van der Waals surface area contributed by atoms with Gasteiger partial charge in [0, 0.05) is 37.1 Å². The van der Waals surface area contributed by atoms with E-state index in [0.29, 0.717) is 0 Å². The van der Waals surface area contributed by atoms with E-state index < -0.39 is 0 Å². The molecule has 0 bridgehead atoms. The van der Waals surface area contributed by atoms with Crippen LogP contribution in [-0.2, 0) is 0 Å². The zero-order valence-corrected chi connectivity index (χ0v) is 13.8. The fraction of sp³-hybridized carbons (Fsp3) is 0.350. The molecule has 4 rings (SSSR count). The lowest BCUT2D eigenvalue weighted by Crippen LogP contribution is -2.19. The van der Waals surface area contributed by atoms with Crippen LogP contribution >= 0.6 is 0 Å². The first-order chi connectivity index (χ1) is 11.2. The Bertz CT molecular complexity index is 750. The van der Waals surface area contributed by atoms with Crippen LogP contribution in [0.25, 0.3) is 5.57 Å². The monoisotopic (exact) mass is 305 g/mol. The molecular formula is C20H23N3. The van der Waals surface area contributed by atoms with E-state index in [1.807, 2.05) is 6.20 Å². The third kappa shape index (κ3) is 2.96. The Kier molecular flexibility index (Phi) is 3.56. The lowest BCUT2D eigenvalue weighted by atomic mass is 10.0. The minimum absolute atomic E-state index is 0.249. The molecule has 1 aliphatic heterocycles. The van der Waals surface area contributed by atoms with Gasteiger partial charge in [-0.1, -0.05) is 36.4 Å². The molecule has 118 valence electrons. The van der Waals surface area contributed by atoms with E-state index in [9.17, 15) is 0 Å². The molecule has 0 amide bonds. The van der Waals surface area contributed by atoms with Crippen LogP contribution in [0.4, 0.5) is 0 Å². The van der Waals surface area contributed by atoms with Crippen LogP contribution in [0, 0.1) is 5.92 Å². The van der Waals surface area contributed by atoms with Crippen LogP contribution in [0.15, 0.2) is 60.6 Å². The third-order valence-corrected chi connectivity index (χ3v) is 4.85. The van der Waals surface area contributed by atoms with Gasteiger partial charge < -0.3 is 4.90 Å². The summed E-state index contributed by atoms with van der Waals surface area (Å²) in [7, 11) is 2.16. The smallest absolute Gasteiger partial charge is 0.0740 e. The Morgan fingerprint density at radius 2 is 1.96 bits per heavy atom. The molecule has 2 heterocycles. The highest BCUT2D eigenvalue weighted by Gasteiger charge is 2.28. The Morgan fingerprint density at radius 3 is 2.70 bits per heavy atom. The fourth-order valence-electron chi connectivity index (χ4n) is 3.30. The summed E-state index contributed by atoms with van der Waals surface area (Å²) in [6.07, 6.45) is 11.5. The molecule has 1 atom stereocenters. The molecule has 0 saturated heterocycles. The summed E-state index contributed by atoms with van der Waals surface area (Å²) in [5, 5.41) is 4.61. The van der Waals surface area contributed by atoms with Crippen molar-refractivity contribution < 1.29 is 0 Å². The summed E-state index contributed by atoms with van der Waals surface area (Å²) in [6, 6.07) is 10.8. The van der Waals surface area contributed by atoms with Gasteiger partial charge in [-0.15, -0.1) is 0 Å². The minimum atomic E-state index is 0.249. The topological polar surface area (TPSA) is 21.1 Å². The zero-order chi connectivity index (χ0) is 15.8. The second-order valence-electron chi connectivity index (χ2n) is 6.79. The van der Waals surface area contributed by atoms with Crippen molar-refractivity contribution in [3.63, 3.8) is 0 Å². The summed E-state index contributed by atoms with van der Waals surface area (Å²) < 4.78 is 2.06. The summed E-state index contributed by atoms with van der Waals surface area (Å²) in [5.41, 5.74) is 5.35. The van der Waals surface area contributed by atoms with Gasteiger partial charge in [0.1, 0.15) is 0 Å². The Hall–Kier alpha value is -2.29. The molecule has 23 heavy (non-hydrogen) atoms. The summed E-state index contributed by atoms with van der Waals surface area (Å²) in [6.45, 7) is 3.27.